The van der Waals surface area contributed by atoms with E-state index in [-0.39, 0.29) is 11.2 Å². The van der Waals surface area contributed by atoms with Crippen molar-refractivity contribution in [1.82, 2.24) is 0 Å². The molecule has 0 amide bonds. The van der Waals surface area contributed by atoms with Crippen molar-refractivity contribution in [3.63, 3.8) is 0 Å². The minimum atomic E-state index is -0.126. The molecular weight excluding hydrogens is 243 g/mol. The van der Waals surface area contributed by atoms with E-state index in [1.54, 1.807) is 6.07 Å². The Morgan fingerprint density at radius 1 is 1.26 bits per heavy atom. The first kappa shape index (κ1) is 12.9. The summed E-state index contributed by atoms with van der Waals surface area (Å²) in [7, 11) is 0. The fraction of sp³-hybridized carbons (Fsp3) is 0.600. The van der Waals surface area contributed by atoms with Crippen LogP contribution in [0.4, 0.5) is 10.1 Å². The smallest absolute Gasteiger partial charge is 0.146 e. The Bertz CT molecular complexity index is 448. The Balaban J connectivity index is 1.85. The Morgan fingerprint density at radius 3 is 2.53 bits per heavy atom. The van der Waals surface area contributed by atoms with E-state index in [0.29, 0.717) is 25.4 Å². The number of benzene rings is 1. The van der Waals surface area contributed by atoms with E-state index in [4.69, 9.17) is 10.5 Å². The van der Waals surface area contributed by atoms with Crippen LogP contribution in [0.1, 0.15) is 24.8 Å². The predicted molar refractivity (Wildman–Crippen MR) is 74.0 cm³/mol. The number of nitrogens with two attached hydrogens (primary N) is 1. The van der Waals surface area contributed by atoms with Crippen molar-refractivity contribution in [3.8, 4) is 0 Å². The second-order valence-corrected chi connectivity index (χ2v) is 5.60. The first-order valence-corrected chi connectivity index (χ1v) is 7.08. The van der Waals surface area contributed by atoms with Crippen LogP contribution in [0.2, 0.25) is 0 Å². The molecule has 1 saturated heterocycles. The molecule has 2 fully saturated rings. The summed E-state index contributed by atoms with van der Waals surface area (Å²) in [4.78, 5) is 2.05. The second-order valence-electron chi connectivity index (χ2n) is 5.60. The van der Waals surface area contributed by atoms with Gasteiger partial charge in [0.25, 0.3) is 0 Å². The highest BCUT2D eigenvalue weighted by atomic mass is 19.1. The highest BCUT2D eigenvalue weighted by molar-refractivity contribution is 5.51. The van der Waals surface area contributed by atoms with E-state index in [1.165, 1.54) is 6.42 Å². The zero-order valence-electron chi connectivity index (χ0n) is 11.2. The molecule has 1 aromatic carbocycles. The van der Waals surface area contributed by atoms with Gasteiger partial charge in [-0.25, -0.2) is 4.39 Å². The molecular formula is C15H21FN2O. The first-order valence-electron chi connectivity index (χ1n) is 7.08. The second kappa shape index (κ2) is 5.10. The van der Waals surface area contributed by atoms with Gasteiger partial charge in [-0.15, -0.1) is 0 Å². The van der Waals surface area contributed by atoms with Crippen molar-refractivity contribution >= 4 is 5.69 Å². The van der Waals surface area contributed by atoms with Crippen LogP contribution in [0.3, 0.4) is 0 Å². The predicted octanol–water partition coefficient (Wildman–Crippen LogP) is 2.04. The fourth-order valence-corrected chi connectivity index (χ4v) is 3.11. The third kappa shape index (κ3) is 2.23. The fourth-order valence-electron chi connectivity index (χ4n) is 3.11. The van der Waals surface area contributed by atoms with Gasteiger partial charge in [-0.3, -0.25) is 0 Å². The molecule has 0 spiro atoms. The average molecular weight is 264 g/mol. The molecule has 3 rings (SSSR count). The molecule has 0 bridgehead atoms. The molecule has 0 radical (unpaired) electrons. The molecule has 1 aromatic rings. The summed E-state index contributed by atoms with van der Waals surface area (Å²) in [6, 6.07) is 5.66. The van der Waals surface area contributed by atoms with E-state index in [2.05, 4.69) is 11.0 Å². The molecule has 1 aliphatic carbocycles. The number of morpholine rings is 1. The normalized spacial score (nSPS) is 22.1. The van der Waals surface area contributed by atoms with E-state index in [1.807, 2.05) is 6.07 Å². The largest absolute Gasteiger partial charge is 0.378 e. The average Bonchev–Trinajstić information content (AvgIpc) is 2.39. The van der Waals surface area contributed by atoms with Gasteiger partial charge in [0.2, 0.25) is 0 Å². The van der Waals surface area contributed by atoms with Crippen molar-refractivity contribution < 1.29 is 9.13 Å². The summed E-state index contributed by atoms with van der Waals surface area (Å²) in [5.41, 5.74) is 7.67. The van der Waals surface area contributed by atoms with Crippen LogP contribution in [-0.2, 0) is 10.2 Å². The highest BCUT2D eigenvalue weighted by Crippen LogP contribution is 2.43. The van der Waals surface area contributed by atoms with Crippen molar-refractivity contribution in [1.29, 1.82) is 0 Å². The summed E-state index contributed by atoms with van der Waals surface area (Å²) in [6.07, 6.45) is 3.36. The first-order chi connectivity index (χ1) is 9.25. The van der Waals surface area contributed by atoms with Gasteiger partial charge in [-0.2, -0.15) is 0 Å². The molecule has 2 N–H and O–H groups in total. The van der Waals surface area contributed by atoms with Crippen LogP contribution in [0.15, 0.2) is 18.2 Å². The van der Waals surface area contributed by atoms with E-state index < -0.39 is 0 Å². The summed E-state index contributed by atoms with van der Waals surface area (Å²) in [5, 5.41) is 0. The summed E-state index contributed by atoms with van der Waals surface area (Å²) in [6.45, 7) is 3.49. The van der Waals surface area contributed by atoms with E-state index in [0.717, 1.165) is 31.5 Å². The quantitative estimate of drug-likeness (QED) is 0.908. The number of anilines is 1. The zero-order chi connectivity index (χ0) is 13.3. The lowest BCUT2D eigenvalue weighted by molar-refractivity contribution is 0.122. The Labute approximate surface area is 113 Å². The van der Waals surface area contributed by atoms with Gasteiger partial charge in [0.1, 0.15) is 5.82 Å². The van der Waals surface area contributed by atoms with Gasteiger partial charge in [0, 0.05) is 25.0 Å². The number of hydrogen-bond donors (Lipinski definition) is 1. The summed E-state index contributed by atoms with van der Waals surface area (Å²) < 4.78 is 19.6. The molecule has 0 aromatic heterocycles. The number of rotatable bonds is 3. The molecule has 2 aliphatic rings. The van der Waals surface area contributed by atoms with Crippen LogP contribution < -0.4 is 10.6 Å². The van der Waals surface area contributed by atoms with Crippen molar-refractivity contribution in [3.05, 3.63) is 29.6 Å². The number of ether oxygens (including phenoxy) is 1. The van der Waals surface area contributed by atoms with Gasteiger partial charge < -0.3 is 15.4 Å². The highest BCUT2D eigenvalue weighted by Gasteiger charge is 2.37. The molecule has 3 nitrogen and oxygen atoms in total. The van der Waals surface area contributed by atoms with Gasteiger partial charge in [-0.1, -0.05) is 12.5 Å². The van der Waals surface area contributed by atoms with Gasteiger partial charge in [-0.05, 0) is 30.5 Å². The van der Waals surface area contributed by atoms with Gasteiger partial charge in [0.15, 0.2) is 0 Å². The topological polar surface area (TPSA) is 38.5 Å². The maximum atomic E-state index is 14.3. The lowest BCUT2D eigenvalue weighted by atomic mass is 9.64. The molecule has 1 aliphatic heterocycles. The lowest BCUT2D eigenvalue weighted by Gasteiger charge is -2.42. The van der Waals surface area contributed by atoms with Crippen LogP contribution >= 0.6 is 0 Å². The Hall–Kier alpha value is -1.13. The van der Waals surface area contributed by atoms with E-state index >= 15 is 0 Å². The molecule has 4 heteroatoms. The molecule has 104 valence electrons. The third-order valence-electron chi connectivity index (χ3n) is 4.61. The van der Waals surface area contributed by atoms with Crippen molar-refractivity contribution in [2.24, 2.45) is 5.73 Å². The molecule has 0 atom stereocenters. The number of halogens is 1. The monoisotopic (exact) mass is 264 g/mol. The van der Waals surface area contributed by atoms with Crippen LogP contribution in [0.25, 0.3) is 0 Å². The van der Waals surface area contributed by atoms with Crippen LogP contribution in [0, 0.1) is 5.82 Å². The standard InChI is InChI=1S/C15H21FN2O/c16-13-10-12(15(11-17)4-1-5-15)2-3-14(13)18-6-8-19-9-7-18/h2-3,10H,1,4-9,11,17H2. The van der Waals surface area contributed by atoms with Gasteiger partial charge >= 0.3 is 0 Å². The molecule has 0 unspecified atom stereocenters. The molecule has 19 heavy (non-hydrogen) atoms. The Morgan fingerprint density at radius 2 is 2.00 bits per heavy atom. The number of hydrogen-bond acceptors (Lipinski definition) is 3. The SMILES string of the molecule is NCC1(c2ccc(N3CCOCC3)c(F)c2)CCC1. The number of nitrogens with zero attached hydrogens (tertiary/aromatic N) is 1. The lowest BCUT2D eigenvalue weighted by Crippen LogP contribution is -2.41. The van der Waals surface area contributed by atoms with E-state index in [9.17, 15) is 4.39 Å². The van der Waals surface area contributed by atoms with Crippen LogP contribution in [-0.4, -0.2) is 32.8 Å². The maximum Gasteiger partial charge on any atom is 0.146 e. The Kier molecular flexibility index (Phi) is 3.46. The third-order valence-corrected chi connectivity index (χ3v) is 4.61. The molecule has 1 heterocycles. The van der Waals surface area contributed by atoms with Gasteiger partial charge in [0.05, 0.1) is 18.9 Å². The maximum absolute atomic E-state index is 14.3. The molecule has 1 saturated carbocycles. The zero-order valence-corrected chi connectivity index (χ0v) is 11.2. The van der Waals surface area contributed by atoms with Crippen molar-refractivity contribution in [2.45, 2.75) is 24.7 Å². The minimum absolute atomic E-state index is 0.0321. The summed E-state index contributed by atoms with van der Waals surface area (Å²) in [5.74, 6) is -0.126. The van der Waals surface area contributed by atoms with Crippen LogP contribution in [0.5, 0.6) is 0 Å². The minimum Gasteiger partial charge on any atom is -0.378 e. The van der Waals surface area contributed by atoms with Crippen molar-refractivity contribution in [2.75, 3.05) is 37.7 Å². The summed E-state index contributed by atoms with van der Waals surface area (Å²) >= 11 is 0.